The molecule has 1 amide bonds. The lowest BCUT2D eigenvalue weighted by Gasteiger charge is -2.15. The van der Waals surface area contributed by atoms with E-state index in [1.807, 2.05) is 20.8 Å². The highest BCUT2D eigenvalue weighted by molar-refractivity contribution is 6.42. The van der Waals surface area contributed by atoms with E-state index in [0.29, 0.717) is 16.0 Å². The highest BCUT2D eigenvalue weighted by atomic mass is 35.5. The van der Waals surface area contributed by atoms with Crippen LogP contribution in [0.4, 0.5) is 4.39 Å². The predicted octanol–water partition coefficient (Wildman–Crippen LogP) is 5.32. The van der Waals surface area contributed by atoms with Crippen LogP contribution in [-0.4, -0.2) is 18.1 Å². The van der Waals surface area contributed by atoms with Gasteiger partial charge in [-0.25, -0.2) is 4.39 Å². The molecule has 130 valence electrons. The van der Waals surface area contributed by atoms with Crippen LogP contribution < -0.4 is 5.32 Å². The molecule has 0 saturated heterocycles. The molecule has 1 N–H and O–H groups in total. The van der Waals surface area contributed by atoms with E-state index in [4.69, 9.17) is 23.2 Å². The Morgan fingerprint density at radius 2 is 1.92 bits per heavy atom. The minimum Gasteiger partial charge on any atom is -0.350 e. The number of allylic oxidation sites excluding steroid dienone is 3. The number of alkyl halides is 1. The molecule has 0 spiro atoms. The summed E-state index contributed by atoms with van der Waals surface area (Å²) in [4.78, 5) is 11.7. The number of carbonyl (C=O) groups is 1. The smallest absolute Gasteiger partial charge is 0.244 e. The first-order chi connectivity index (χ1) is 11.3. The number of amides is 1. The zero-order chi connectivity index (χ0) is 17.9. The van der Waals surface area contributed by atoms with E-state index in [9.17, 15) is 9.18 Å². The van der Waals surface area contributed by atoms with Crippen LogP contribution >= 0.6 is 23.2 Å². The molecule has 1 aromatic carbocycles. The van der Waals surface area contributed by atoms with E-state index < -0.39 is 6.17 Å². The molecule has 1 aliphatic rings. The maximum Gasteiger partial charge on any atom is 0.244 e. The van der Waals surface area contributed by atoms with Crippen molar-refractivity contribution < 1.29 is 9.18 Å². The number of rotatable bonds is 6. The molecule has 0 radical (unpaired) electrons. The van der Waals surface area contributed by atoms with Crippen molar-refractivity contribution >= 4 is 29.1 Å². The highest BCUT2D eigenvalue weighted by Gasteiger charge is 2.50. The number of carbonyl (C=O) groups excluding carboxylic acids is 1. The zero-order valence-electron chi connectivity index (χ0n) is 14.0. The summed E-state index contributed by atoms with van der Waals surface area (Å²) in [5.74, 6) is -0.151. The molecule has 0 heterocycles. The summed E-state index contributed by atoms with van der Waals surface area (Å²) in [7, 11) is 0. The molecule has 4 atom stereocenters. The average molecular weight is 370 g/mol. The Morgan fingerprint density at radius 3 is 2.54 bits per heavy atom. The van der Waals surface area contributed by atoms with Crippen molar-refractivity contribution in [2.24, 2.45) is 11.8 Å². The first-order valence-corrected chi connectivity index (χ1v) is 8.81. The topological polar surface area (TPSA) is 29.1 Å². The molecule has 0 aliphatic heterocycles. The van der Waals surface area contributed by atoms with Gasteiger partial charge < -0.3 is 5.32 Å². The summed E-state index contributed by atoms with van der Waals surface area (Å²) in [5, 5.41) is 3.78. The lowest BCUT2D eigenvalue weighted by molar-refractivity contribution is -0.117. The molecule has 24 heavy (non-hydrogen) atoms. The van der Waals surface area contributed by atoms with Crippen LogP contribution in [0.1, 0.15) is 32.3 Å². The zero-order valence-corrected chi connectivity index (χ0v) is 15.5. The number of hydrogen-bond acceptors (Lipinski definition) is 1. The molecule has 1 aliphatic carbocycles. The van der Waals surface area contributed by atoms with Crippen molar-refractivity contribution in [2.75, 3.05) is 0 Å². The second-order valence-corrected chi connectivity index (χ2v) is 7.32. The molecular weight excluding hydrogens is 348 g/mol. The first kappa shape index (κ1) is 19.0. The predicted molar refractivity (Wildman–Crippen MR) is 98.3 cm³/mol. The molecule has 2 rings (SSSR count). The van der Waals surface area contributed by atoms with Gasteiger partial charge in [0.15, 0.2) is 0 Å². The summed E-state index contributed by atoms with van der Waals surface area (Å²) >= 11 is 11.9. The van der Waals surface area contributed by atoms with Gasteiger partial charge >= 0.3 is 0 Å². The summed E-state index contributed by atoms with van der Waals surface area (Å²) in [5.41, 5.74) is 0.846. The number of halogens is 3. The summed E-state index contributed by atoms with van der Waals surface area (Å²) in [6.45, 7) is 6.06. The van der Waals surface area contributed by atoms with Crippen molar-refractivity contribution in [1.82, 2.24) is 5.32 Å². The first-order valence-electron chi connectivity index (χ1n) is 8.05. The van der Waals surface area contributed by atoms with Crippen molar-refractivity contribution in [2.45, 2.75) is 38.9 Å². The van der Waals surface area contributed by atoms with Gasteiger partial charge in [0.2, 0.25) is 5.91 Å². The Balaban J connectivity index is 1.88. The molecule has 1 aromatic rings. The summed E-state index contributed by atoms with van der Waals surface area (Å²) < 4.78 is 14.0. The van der Waals surface area contributed by atoms with Gasteiger partial charge in [-0.2, -0.15) is 0 Å². The van der Waals surface area contributed by atoms with Crippen molar-refractivity contribution in [3.8, 4) is 0 Å². The third-order valence-corrected chi connectivity index (χ3v) is 5.11. The fourth-order valence-corrected chi connectivity index (χ4v) is 2.73. The fraction of sp³-hybridized carbons (Fsp3) is 0.421. The van der Waals surface area contributed by atoms with Crippen LogP contribution in [0.15, 0.2) is 42.5 Å². The SMILES string of the molecule is CC(C)C(C)NC(=O)C=CC=CC1C(F)C1c1ccc(Cl)c(Cl)c1. The maximum absolute atomic E-state index is 14.0. The van der Waals surface area contributed by atoms with E-state index in [0.717, 1.165) is 5.56 Å². The molecule has 5 heteroatoms. The molecule has 2 nitrogen and oxygen atoms in total. The van der Waals surface area contributed by atoms with E-state index >= 15 is 0 Å². The minimum absolute atomic E-state index is 0.115. The highest BCUT2D eigenvalue weighted by Crippen LogP contribution is 2.51. The van der Waals surface area contributed by atoms with Crippen molar-refractivity contribution in [1.29, 1.82) is 0 Å². The standard InChI is InChI=1S/C19H22Cl2FNO/c1-11(2)12(3)23-17(24)7-5-4-6-14-18(19(14)22)13-8-9-15(20)16(21)10-13/h4-12,14,18-19H,1-3H3,(H,23,24). The van der Waals surface area contributed by atoms with Gasteiger partial charge in [-0.15, -0.1) is 0 Å². The van der Waals surface area contributed by atoms with Crippen LogP contribution in [0.5, 0.6) is 0 Å². The normalized spacial score (nSPS) is 24.7. The Labute approximate surface area is 152 Å². The summed E-state index contributed by atoms with van der Waals surface area (Å²) in [6, 6.07) is 5.32. The third kappa shape index (κ3) is 4.84. The lowest BCUT2D eigenvalue weighted by atomic mass is 10.1. The quantitative estimate of drug-likeness (QED) is 0.533. The summed E-state index contributed by atoms with van der Waals surface area (Å²) in [6.07, 6.45) is 5.67. The monoisotopic (exact) mass is 369 g/mol. The second kappa shape index (κ2) is 8.17. The molecular formula is C19H22Cl2FNO. The average Bonchev–Trinajstić information content (AvgIpc) is 3.16. The van der Waals surface area contributed by atoms with E-state index in [2.05, 4.69) is 5.32 Å². The van der Waals surface area contributed by atoms with Crippen LogP contribution in [-0.2, 0) is 4.79 Å². The van der Waals surface area contributed by atoms with Crippen LogP contribution in [0.25, 0.3) is 0 Å². The van der Waals surface area contributed by atoms with Gasteiger partial charge in [-0.1, -0.05) is 61.3 Å². The Hall–Kier alpha value is -1.32. The second-order valence-electron chi connectivity index (χ2n) is 6.51. The minimum atomic E-state index is -0.929. The van der Waals surface area contributed by atoms with Crippen molar-refractivity contribution in [3.05, 3.63) is 58.1 Å². The number of nitrogens with one attached hydrogen (secondary N) is 1. The Bertz CT molecular complexity index is 657. The number of benzene rings is 1. The van der Waals surface area contributed by atoms with Gasteiger partial charge in [0.25, 0.3) is 0 Å². The number of hydrogen-bond donors (Lipinski definition) is 1. The van der Waals surface area contributed by atoms with Crippen molar-refractivity contribution in [3.63, 3.8) is 0 Å². The lowest BCUT2D eigenvalue weighted by Crippen LogP contribution is -2.34. The van der Waals surface area contributed by atoms with Gasteiger partial charge in [-0.05, 0) is 30.5 Å². The fourth-order valence-electron chi connectivity index (χ4n) is 2.42. The Kier molecular flexibility index (Phi) is 6.47. The largest absolute Gasteiger partial charge is 0.350 e. The molecule has 1 fully saturated rings. The third-order valence-electron chi connectivity index (χ3n) is 4.38. The van der Waals surface area contributed by atoms with Gasteiger partial charge in [0, 0.05) is 24.0 Å². The van der Waals surface area contributed by atoms with E-state index in [1.54, 1.807) is 36.4 Å². The van der Waals surface area contributed by atoms with Gasteiger partial charge in [0.05, 0.1) is 10.0 Å². The molecule has 0 aromatic heterocycles. The van der Waals surface area contributed by atoms with Crippen LogP contribution in [0, 0.1) is 11.8 Å². The van der Waals surface area contributed by atoms with Crippen LogP contribution in [0.3, 0.4) is 0 Å². The van der Waals surface area contributed by atoms with Gasteiger partial charge in [-0.3, -0.25) is 4.79 Å². The molecule has 4 unspecified atom stereocenters. The molecule has 1 saturated carbocycles. The molecule has 0 bridgehead atoms. The van der Waals surface area contributed by atoms with E-state index in [1.165, 1.54) is 6.08 Å². The van der Waals surface area contributed by atoms with Gasteiger partial charge in [0.1, 0.15) is 6.17 Å². The Morgan fingerprint density at radius 1 is 1.21 bits per heavy atom. The van der Waals surface area contributed by atoms with Crippen LogP contribution in [0.2, 0.25) is 10.0 Å². The van der Waals surface area contributed by atoms with E-state index in [-0.39, 0.29) is 23.8 Å². The maximum atomic E-state index is 14.0.